The third-order valence-corrected chi connectivity index (χ3v) is 3.03. The summed E-state index contributed by atoms with van der Waals surface area (Å²) in [6, 6.07) is 12.3. The number of benzene rings is 2. The Labute approximate surface area is 123 Å². The van der Waals surface area contributed by atoms with E-state index in [4.69, 9.17) is 9.47 Å². The molecule has 2 amide bonds. The van der Waals surface area contributed by atoms with Gasteiger partial charge in [-0.25, -0.2) is 4.79 Å². The van der Waals surface area contributed by atoms with Crippen LogP contribution >= 0.6 is 0 Å². The van der Waals surface area contributed by atoms with Gasteiger partial charge in [0.05, 0.1) is 14.2 Å². The van der Waals surface area contributed by atoms with Crippen LogP contribution in [-0.2, 0) is 0 Å². The number of hydrogen-bond acceptors (Lipinski definition) is 3. The highest BCUT2D eigenvalue weighted by Crippen LogP contribution is 2.21. The summed E-state index contributed by atoms with van der Waals surface area (Å²) in [5.41, 5.74) is 2.36. The van der Waals surface area contributed by atoms with Crippen molar-refractivity contribution in [3.63, 3.8) is 0 Å². The van der Waals surface area contributed by atoms with E-state index in [0.717, 1.165) is 22.7 Å². The second kappa shape index (κ2) is 6.65. The summed E-state index contributed by atoms with van der Waals surface area (Å²) < 4.78 is 10.2. The lowest BCUT2D eigenvalue weighted by Crippen LogP contribution is -2.19. The van der Waals surface area contributed by atoms with E-state index in [-0.39, 0.29) is 6.03 Å². The molecular weight excluding hydrogens is 268 g/mol. The van der Waals surface area contributed by atoms with Crippen LogP contribution in [0.3, 0.4) is 0 Å². The summed E-state index contributed by atoms with van der Waals surface area (Å²) in [7, 11) is 3.21. The lowest BCUT2D eigenvalue weighted by molar-refractivity contribution is 0.262. The van der Waals surface area contributed by atoms with Crippen LogP contribution in [0.15, 0.2) is 42.5 Å². The van der Waals surface area contributed by atoms with Gasteiger partial charge in [0.2, 0.25) is 0 Å². The Hall–Kier alpha value is -2.69. The lowest BCUT2D eigenvalue weighted by atomic mass is 10.2. The summed E-state index contributed by atoms with van der Waals surface area (Å²) in [6.07, 6.45) is 0. The number of carbonyl (C=O) groups excluding carboxylic acids is 1. The van der Waals surface area contributed by atoms with Crippen LogP contribution in [0.5, 0.6) is 11.5 Å². The Balaban J connectivity index is 2.00. The van der Waals surface area contributed by atoms with Crippen LogP contribution in [0.4, 0.5) is 16.2 Å². The van der Waals surface area contributed by atoms with Crippen LogP contribution in [0.25, 0.3) is 0 Å². The Morgan fingerprint density at radius 3 is 2.10 bits per heavy atom. The van der Waals surface area contributed by atoms with Crippen molar-refractivity contribution < 1.29 is 14.3 Å². The zero-order valence-electron chi connectivity index (χ0n) is 12.3. The second-order valence-corrected chi connectivity index (χ2v) is 4.49. The van der Waals surface area contributed by atoms with Crippen molar-refractivity contribution in [2.75, 3.05) is 24.9 Å². The molecule has 2 aromatic carbocycles. The third kappa shape index (κ3) is 3.89. The highest BCUT2D eigenvalue weighted by molar-refractivity contribution is 6.00. The van der Waals surface area contributed by atoms with Crippen molar-refractivity contribution >= 4 is 17.4 Å². The maximum Gasteiger partial charge on any atom is 0.323 e. The lowest BCUT2D eigenvalue weighted by Gasteiger charge is -2.11. The minimum absolute atomic E-state index is 0.298. The van der Waals surface area contributed by atoms with E-state index in [9.17, 15) is 4.79 Å². The number of hydrogen-bond donors (Lipinski definition) is 2. The van der Waals surface area contributed by atoms with E-state index < -0.39 is 0 Å². The van der Waals surface area contributed by atoms with Gasteiger partial charge < -0.3 is 20.1 Å². The van der Waals surface area contributed by atoms with Gasteiger partial charge in [-0.05, 0) is 55.0 Å². The Morgan fingerprint density at radius 1 is 0.905 bits per heavy atom. The van der Waals surface area contributed by atoms with Gasteiger partial charge in [-0.1, -0.05) is 0 Å². The quantitative estimate of drug-likeness (QED) is 0.901. The SMILES string of the molecule is COc1ccc(NC(=O)Nc2ccc(OC)cc2C)cc1. The van der Waals surface area contributed by atoms with Gasteiger partial charge in [0.25, 0.3) is 0 Å². The molecule has 0 saturated carbocycles. The molecule has 0 heterocycles. The fourth-order valence-electron chi connectivity index (χ4n) is 1.86. The van der Waals surface area contributed by atoms with Crippen molar-refractivity contribution in [3.05, 3.63) is 48.0 Å². The molecule has 2 rings (SSSR count). The number of ether oxygens (including phenoxy) is 2. The highest BCUT2D eigenvalue weighted by atomic mass is 16.5. The summed E-state index contributed by atoms with van der Waals surface area (Å²) in [4.78, 5) is 12.0. The Bertz CT molecular complexity index is 624. The molecule has 0 aliphatic rings. The summed E-state index contributed by atoms with van der Waals surface area (Å²) >= 11 is 0. The number of rotatable bonds is 4. The molecule has 0 aliphatic carbocycles. The maximum absolute atomic E-state index is 12.0. The molecule has 0 saturated heterocycles. The zero-order chi connectivity index (χ0) is 15.2. The molecule has 0 spiro atoms. The van der Waals surface area contributed by atoms with Crippen molar-refractivity contribution in [1.29, 1.82) is 0 Å². The minimum Gasteiger partial charge on any atom is -0.497 e. The predicted octanol–water partition coefficient (Wildman–Crippen LogP) is 3.66. The van der Waals surface area contributed by atoms with Crippen LogP contribution in [0.2, 0.25) is 0 Å². The largest absolute Gasteiger partial charge is 0.497 e. The smallest absolute Gasteiger partial charge is 0.323 e. The molecule has 0 aliphatic heterocycles. The first kappa shape index (κ1) is 14.7. The number of urea groups is 1. The van der Waals surface area contributed by atoms with Gasteiger partial charge in [-0.2, -0.15) is 0 Å². The molecule has 0 unspecified atom stereocenters. The molecule has 5 nitrogen and oxygen atoms in total. The van der Waals surface area contributed by atoms with Gasteiger partial charge in [0.1, 0.15) is 11.5 Å². The van der Waals surface area contributed by atoms with Crippen LogP contribution in [0.1, 0.15) is 5.56 Å². The van der Waals surface area contributed by atoms with Gasteiger partial charge in [-0.15, -0.1) is 0 Å². The van der Waals surface area contributed by atoms with Gasteiger partial charge in [0, 0.05) is 11.4 Å². The van der Waals surface area contributed by atoms with Crippen molar-refractivity contribution in [3.8, 4) is 11.5 Å². The Morgan fingerprint density at radius 2 is 1.52 bits per heavy atom. The number of anilines is 2. The van der Waals surface area contributed by atoms with E-state index in [1.54, 1.807) is 44.6 Å². The van der Waals surface area contributed by atoms with E-state index >= 15 is 0 Å². The first-order valence-electron chi connectivity index (χ1n) is 6.49. The van der Waals surface area contributed by atoms with E-state index in [1.807, 2.05) is 19.1 Å². The molecule has 21 heavy (non-hydrogen) atoms. The molecule has 5 heteroatoms. The monoisotopic (exact) mass is 286 g/mol. The van der Waals surface area contributed by atoms with Gasteiger partial charge >= 0.3 is 6.03 Å². The normalized spacial score (nSPS) is 9.86. The van der Waals surface area contributed by atoms with Crippen molar-refractivity contribution in [1.82, 2.24) is 0 Å². The molecule has 0 fully saturated rings. The molecule has 2 aromatic rings. The fraction of sp³-hybridized carbons (Fsp3) is 0.188. The molecule has 0 aromatic heterocycles. The summed E-state index contributed by atoms with van der Waals surface area (Å²) in [6.45, 7) is 1.91. The second-order valence-electron chi connectivity index (χ2n) is 4.49. The zero-order valence-corrected chi connectivity index (χ0v) is 12.3. The van der Waals surface area contributed by atoms with E-state index in [1.165, 1.54) is 0 Å². The topological polar surface area (TPSA) is 59.6 Å². The number of aryl methyl sites for hydroxylation is 1. The van der Waals surface area contributed by atoms with Crippen LogP contribution < -0.4 is 20.1 Å². The summed E-state index contributed by atoms with van der Waals surface area (Å²) in [5.74, 6) is 1.50. The molecule has 110 valence electrons. The molecule has 2 N–H and O–H groups in total. The number of methoxy groups -OCH3 is 2. The van der Waals surface area contributed by atoms with Gasteiger partial charge in [0.15, 0.2) is 0 Å². The average Bonchev–Trinajstić information content (AvgIpc) is 2.50. The fourth-order valence-corrected chi connectivity index (χ4v) is 1.86. The summed E-state index contributed by atoms with van der Waals surface area (Å²) in [5, 5.41) is 5.56. The first-order chi connectivity index (χ1) is 10.1. The molecule has 0 atom stereocenters. The Kier molecular flexibility index (Phi) is 4.66. The maximum atomic E-state index is 12.0. The number of amides is 2. The third-order valence-electron chi connectivity index (χ3n) is 3.03. The van der Waals surface area contributed by atoms with Crippen molar-refractivity contribution in [2.24, 2.45) is 0 Å². The van der Waals surface area contributed by atoms with E-state index in [2.05, 4.69) is 10.6 Å². The van der Waals surface area contributed by atoms with E-state index in [0.29, 0.717) is 5.69 Å². The standard InChI is InChI=1S/C16H18N2O3/c1-11-10-14(21-3)8-9-15(11)18-16(19)17-12-4-6-13(20-2)7-5-12/h4-10H,1-3H3,(H2,17,18,19). The molecule has 0 radical (unpaired) electrons. The number of nitrogens with one attached hydrogen (secondary N) is 2. The van der Waals surface area contributed by atoms with Crippen LogP contribution in [-0.4, -0.2) is 20.3 Å². The molecule has 0 bridgehead atoms. The van der Waals surface area contributed by atoms with Crippen LogP contribution in [0, 0.1) is 6.92 Å². The van der Waals surface area contributed by atoms with Gasteiger partial charge in [-0.3, -0.25) is 0 Å². The minimum atomic E-state index is -0.298. The number of carbonyl (C=O) groups is 1. The molecular formula is C16H18N2O3. The predicted molar refractivity (Wildman–Crippen MR) is 83.4 cm³/mol. The highest BCUT2D eigenvalue weighted by Gasteiger charge is 2.06. The average molecular weight is 286 g/mol. The first-order valence-corrected chi connectivity index (χ1v) is 6.49. The van der Waals surface area contributed by atoms with Crippen molar-refractivity contribution in [2.45, 2.75) is 6.92 Å².